The number of hydrogen-bond donors (Lipinski definition) is 1. The van der Waals surface area contributed by atoms with Gasteiger partial charge in [-0.2, -0.15) is 0 Å². The van der Waals surface area contributed by atoms with E-state index in [1.807, 2.05) is 23.6 Å². The van der Waals surface area contributed by atoms with Gasteiger partial charge in [-0.25, -0.2) is 4.79 Å². The molecule has 0 atom stereocenters. The lowest BCUT2D eigenvalue weighted by atomic mass is 10.0. The second-order valence-electron chi connectivity index (χ2n) is 4.91. The average Bonchev–Trinajstić information content (AvgIpc) is 3.11. The molecule has 6 heteroatoms. The van der Waals surface area contributed by atoms with Gasteiger partial charge in [0.05, 0.1) is 12.2 Å². The summed E-state index contributed by atoms with van der Waals surface area (Å²) in [6.45, 7) is 2.40. The van der Waals surface area contributed by atoms with Crippen molar-refractivity contribution in [2.45, 2.75) is 19.8 Å². The van der Waals surface area contributed by atoms with Gasteiger partial charge in [-0.15, -0.1) is 11.3 Å². The van der Waals surface area contributed by atoms with Gasteiger partial charge in [-0.05, 0) is 48.4 Å². The number of hydrogen-bond acceptors (Lipinski definition) is 6. The molecule has 116 valence electrons. The highest BCUT2D eigenvalue weighted by Gasteiger charge is 2.19. The zero-order chi connectivity index (χ0) is 15.5. The van der Waals surface area contributed by atoms with Gasteiger partial charge in [-0.3, -0.25) is 0 Å². The smallest absolute Gasteiger partial charge is 0.341 e. The Labute approximate surface area is 132 Å². The molecule has 3 rings (SSSR count). The van der Waals surface area contributed by atoms with E-state index in [4.69, 9.17) is 19.9 Å². The first-order valence-electron chi connectivity index (χ1n) is 7.10. The highest BCUT2D eigenvalue weighted by atomic mass is 32.1. The van der Waals surface area contributed by atoms with Crippen molar-refractivity contribution in [3.63, 3.8) is 0 Å². The largest absolute Gasteiger partial charge is 0.462 e. The van der Waals surface area contributed by atoms with E-state index in [0.717, 1.165) is 35.5 Å². The molecule has 0 fully saturated rings. The molecule has 0 amide bonds. The van der Waals surface area contributed by atoms with Crippen LogP contribution in [-0.4, -0.2) is 19.4 Å². The topological polar surface area (TPSA) is 70.8 Å². The predicted octanol–water partition coefficient (Wildman–Crippen LogP) is 3.02. The summed E-state index contributed by atoms with van der Waals surface area (Å²) in [7, 11) is 0. The van der Waals surface area contributed by atoms with E-state index in [9.17, 15) is 4.79 Å². The maximum absolute atomic E-state index is 12.0. The van der Waals surface area contributed by atoms with Crippen LogP contribution >= 0.6 is 11.3 Å². The number of fused-ring (bicyclic) bond motifs is 1. The van der Waals surface area contributed by atoms with E-state index < -0.39 is 0 Å². The molecule has 0 spiro atoms. The number of ether oxygens (including phenoxy) is 3. The molecule has 0 aliphatic carbocycles. The van der Waals surface area contributed by atoms with Gasteiger partial charge in [0.1, 0.15) is 5.00 Å². The van der Waals surface area contributed by atoms with E-state index >= 15 is 0 Å². The monoisotopic (exact) mass is 319 g/mol. The molecule has 0 saturated carbocycles. The summed E-state index contributed by atoms with van der Waals surface area (Å²) in [5, 5.41) is 2.44. The second kappa shape index (κ2) is 6.27. The van der Waals surface area contributed by atoms with Crippen LogP contribution in [0.25, 0.3) is 0 Å². The minimum absolute atomic E-state index is 0.271. The number of carbonyl (C=O) groups excluding carboxylic acids is 1. The Hall–Kier alpha value is -2.21. The number of thiophene rings is 1. The Morgan fingerprint density at radius 2 is 2.14 bits per heavy atom. The van der Waals surface area contributed by atoms with Gasteiger partial charge in [0.25, 0.3) is 0 Å². The zero-order valence-electron chi connectivity index (χ0n) is 12.3. The molecule has 1 aliphatic rings. The van der Waals surface area contributed by atoms with Crippen LogP contribution in [0.15, 0.2) is 23.6 Å². The summed E-state index contributed by atoms with van der Waals surface area (Å²) in [4.78, 5) is 12.0. The van der Waals surface area contributed by atoms with E-state index in [1.54, 1.807) is 6.92 Å². The average molecular weight is 319 g/mol. The van der Waals surface area contributed by atoms with Crippen molar-refractivity contribution in [2.24, 2.45) is 0 Å². The van der Waals surface area contributed by atoms with Crippen molar-refractivity contribution in [1.29, 1.82) is 0 Å². The quantitative estimate of drug-likeness (QED) is 0.858. The lowest BCUT2D eigenvalue weighted by Gasteiger charge is -2.06. The lowest BCUT2D eigenvalue weighted by Crippen LogP contribution is -2.09. The third kappa shape index (κ3) is 2.87. The summed E-state index contributed by atoms with van der Waals surface area (Å²) in [6, 6.07) is 5.89. The molecule has 1 aromatic carbocycles. The van der Waals surface area contributed by atoms with Crippen LogP contribution in [0.1, 0.15) is 28.4 Å². The van der Waals surface area contributed by atoms with E-state index in [1.165, 1.54) is 11.3 Å². The summed E-state index contributed by atoms with van der Waals surface area (Å²) in [6.07, 6.45) is 1.51. The first kappa shape index (κ1) is 14.7. The molecule has 1 aliphatic heterocycles. The number of aryl methyl sites for hydroxylation is 2. The van der Waals surface area contributed by atoms with E-state index in [0.29, 0.717) is 17.2 Å². The summed E-state index contributed by atoms with van der Waals surface area (Å²) in [5.74, 6) is 1.20. The van der Waals surface area contributed by atoms with Crippen LogP contribution in [0.2, 0.25) is 0 Å². The fourth-order valence-corrected chi connectivity index (χ4v) is 3.24. The summed E-state index contributed by atoms with van der Waals surface area (Å²) < 4.78 is 15.7. The Kier molecular flexibility index (Phi) is 4.20. The van der Waals surface area contributed by atoms with E-state index in [2.05, 4.69) is 0 Å². The summed E-state index contributed by atoms with van der Waals surface area (Å²) in [5.41, 5.74) is 8.46. The van der Waals surface area contributed by atoms with Crippen LogP contribution in [0, 0.1) is 0 Å². The predicted molar refractivity (Wildman–Crippen MR) is 84.7 cm³/mol. The molecule has 2 aromatic rings. The first-order valence-corrected chi connectivity index (χ1v) is 7.98. The van der Waals surface area contributed by atoms with Crippen molar-refractivity contribution >= 4 is 22.3 Å². The van der Waals surface area contributed by atoms with Crippen molar-refractivity contribution < 1.29 is 19.0 Å². The molecule has 2 N–H and O–H groups in total. The SMILES string of the molecule is CCOC(=O)c1c(CCc2ccc3c(c2)OCO3)csc1N. The van der Waals surface area contributed by atoms with Gasteiger partial charge < -0.3 is 19.9 Å². The fraction of sp³-hybridized carbons (Fsp3) is 0.312. The number of esters is 1. The lowest BCUT2D eigenvalue weighted by molar-refractivity contribution is 0.0527. The minimum Gasteiger partial charge on any atom is -0.462 e. The molecule has 0 saturated heterocycles. The van der Waals surface area contributed by atoms with Gasteiger partial charge in [-0.1, -0.05) is 6.07 Å². The number of rotatable bonds is 5. The molecule has 2 heterocycles. The van der Waals surface area contributed by atoms with E-state index in [-0.39, 0.29) is 12.8 Å². The Morgan fingerprint density at radius 3 is 2.95 bits per heavy atom. The Balaban J connectivity index is 1.73. The van der Waals surface area contributed by atoms with Crippen LogP contribution in [0.4, 0.5) is 5.00 Å². The Morgan fingerprint density at radius 1 is 1.32 bits per heavy atom. The van der Waals surface area contributed by atoms with Crippen LogP contribution in [0.5, 0.6) is 11.5 Å². The van der Waals surface area contributed by atoms with Gasteiger partial charge >= 0.3 is 5.97 Å². The highest BCUT2D eigenvalue weighted by Crippen LogP contribution is 2.33. The number of nitrogen functional groups attached to an aromatic ring is 1. The standard InChI is InChI=1S/C16H17NO4S/c1-2-19-16(18)14-11(8-22-15(14)17)5-3-10-4-6-12-13(7-10)21-9-20-12/h4,6-8H,2-3,5,9,17H2,1H3. The molecule has 5 nitrogen and oxygen atoms in total. The third-order valence-corrected chi connectivity index (χ3v) is 4.36. The number of anilines is 1. The van der Waals surface area contributed by atoms with Gasteiger partial charge in [0.15, 0.2) is 11.5 Å². The highest BCUT2D eigenvalue weighted by molar-refractivity contribution is 7.14. The molecule has 22 heavy (non-hydrogen) atoms. The molecule has 0 bridgehead atoms. The molecule has 0 unspecified atom stereocenters. The van der Waals surface area contributed by atoms with Crippen LogP contribution < -0.4 is 15.2 Å². The Bertz CT molecular complexity index is 695. The first-order chi connectivity index (χ1) is 10.7. The number of carbonyl (C=O) groups is 1. The third-order valence-electron chi connectivity index (χ3n) is 3.50. The minimum atomic E-state index is -0.345. The fourth-order valence-electron chi connectivity index (χ4n) is 2.41. The zero-order valence-corrected chi connectivity index (χ0v) is 13.1. The van der Waals surface area contributed by atoms with Gasteiger partial charge in [0.2, 0.25) is 6.79 Å². The molecule has 0 radical (unpaired) electrons. The summed E-state index contributed by atoms with van der Waals surface area (Å²) >= 11 is 1.37. The normalized spacial score (nSPS) is 12.4. The van der Waals surface area contributed by atoms with Crippen LogP contribution in [-0.2, 0) is 17.6 Å². The maximum Gasteiger partial charge on any atom is 0.341 e. The van der Waals surface area contributed by atoms with Gasteiger partial charge in [0, 0.05) is 0 Å². The molecule has 1 aromatic heterocycles. The maximum atomic E-state index is 12.0. The van der Waals surface area contributed by atoms with Crippen LogP contribution in [0.3, 0.4) is 0 Å². The van der Waals surface area contributed by atoms with Crippen molar-refractivity contribution in [3.8, 4) is 11.5 Å². The van der Waals surface area contributed by atoms with Crippen molar-refractivity contribution in [2.75, 3.05) is 19.1 Å². The molecular weight excluding hydrogens is 302 g/mol. The number of nitrogens with two attached hydrogens (primary N) is 1. The van der Waals surface area contributed by atoms with Crippen molar-refractivity contribution in [3.05, 3.63) is 40.3 Å². The van der Waals surface area contributed by atoms with Crippen molar-refractivity contribution in [1.82, 2.24) is 0 Å². The number of benzene rings is 1. The second-order valence-corrected chi connectivity index (χ2v) is 5.82. The molecular formula is C16H17NO4S.